The molecule has 1 atom stereocenters. The summed E-state index contributed by atoms with van der Waals surface area (Å²) in [6.07, 6.45) is 2.75. The van der Waals surface area contributed by atoms with Crippen molar-refractivity contribution in [2.75, 3.05) is 14.2 Å². The molecule has 2 rings (SSSR count). The van der Waals surface area contributed by atoms with Crippen molar-refractivity contribution in [2.45, 2.75) is 30.6 Å². The molecule has 88 valence electrons. The van der Waals surface area contributed by atoms with Crippen LogP contribution in [0.4, 0.5) is 0 Å². The van der Waals surface area contributed by atoms with Crippen LogP contribution in [0.2, 0.25) is 0 Å². The molecule has 1 unspecified atom stereocenters. The van der Waals surface area contributed by atoms with Crippen LogP contribution in [0, 0.1) is 0 Å². The molecule has 1 aromatic rings. The van der Waals surface area contributed by atoms with Crippen molar-refractivity contribution in [2.24, 2.45) is 5.73 Å². The maximum atomic E-state index is 6.53. The molecule has 1 saturated carbocycles. The summed E-state index contributed by atoms with van der Waals surface area (Å²) in [6, 6.07) is 10.1. The van der Waals surface area contributed by atoms with Gasteiger partial charge in [-0.05, 0) is 18.4 Å². The van der Waals surface area contributed by atoms with E-state index in [2.05, 4.69) is 0 Å². The molecule has 0 aliphatic heterocycles. The highest BCUT2D eigenvalue weighted by atomic mass is 16.7. The Labute approximate surface area is 96.5 Å². The van der Waals surface area contributed by atoms with E-state index in [1.165, 1.54) is 0 Å². The van der Waals surface area contributed by atoms with Gasteiger partial charge >= 0.3 is 0 Å². The first-order valence-electron chi connectivity index (χ1n) is 5.63. The molecule has 0 radical (unpaired) electrons. The van der Waals surface area contributed by atoms with Gasteiger partial charge < -0.3 is 15.2 Å². The van der Waals surface area contributed by atoms with Gasteiger partial charge in [0.25, 0.3) is 0 Å². The number of nitrogens with two attached hydrogens (primary N) is 1. The van der Waals surface area contributed by atoms with Crippen molar-refractivity contribution in [3.8, 4) is 0 Å². The minimum atomic E-state index is -0.686. The van der Waals surface area contributed by atoms with Crippen molar-refractivity contribution < 1.29 is 9.47 Å². The molecular weight excluding hydrogens is 202 g/mol. The fourth-order valence-corrected chi connectivity index (χ4v) is 2.76. The van der Waals surface area contributed by atoms with Gasteiger partial charge in [-0.15, -0.1) is 0 Å². The third-order valence-corrected chi connectivity index (χ3v) is 3.71. The fourth-order valence-electron chi connectivity index (χ4n) is 2.76. The summed E-state index contributed by atoms with van der Waals surface area (Å²) in [5, 5.41) is 0. The van der Waals surface area contributed by atoms with E-state index < -0.39 is 11.3 Å². The van der Waals surface area contributed by atoms with Gasteiger partial charge in [0.1, 0.15) is 0 Å². The van der Waals surface area contributed by atoms with Gasteiger partial charge in [0.15, 0.2) is 5.79 Å². The molecule has 0 heterocycles. The Morgan fingerprint density at radius 1 is 1.06 bits per heavy atom. The molecule has 3 heteroatoms. The zero-order valence-electron chi connectivity index (χ0n) is 9.90. The zero-order chi connectivity index (χ0) is 11.6. The van der Waals surface area contributed by atoms with Crippen molar-refractivity contribution >= 4 is 0 Å². The first kappa shape index (κ1) is 11.6. The average molecular weight is 221 g/mol. The van der Waals surface area contributed by atoms with Gasteiger partial charge in [0.05, 0.1) is 5.54 Å². The van der Waals surface area contributed by atoms with Gasteiger partial charge in [-0.3, -0.25) is 0 Å². The second-order valence-electron chi connectivity index (χ2n) is 4.35. The summed E-state index contributed by atoms with van der Waals surface area (Å²) in [6.45, 7) is 0. The molecule has 1 fully saturated rings. The Hall–Kier alpha value is -0.900. The summed E-state index contributed by atoms with van der Waals surface area (Å²) < 4.78 is 11.1. The highest BCUT2D eigenvalue weighted by Gasteiger charge is 2.54. The van der Waals surface area contributed by atoms with Crippen molar-refractivity contribution in [3.63, 3.8) is 0 Å². The molecular formula is C13H19NO2. The van der Waals surface area contributed by atoms with Crippen LogP contribution in [0.5, 0.6) is 0 Å². The van der Waals surface area contributed by atoms with E-state index in [1.807, 2.05) is 30.3 Å². The molecule has 0 spiro atoms. The van der Waals surface area contributed by atoms with Crippen LogP contribution in [0.25, 0.3) is 0 Å². The smallest absolute Gasteiger partial charge is 0.189 e. The summed E-state index contributed by atoms with van der Waals surface area (Å²) >= 11 is 0. The topological polar surface area (TPSA) is 44.5 Å². The lowest BCUT2D eigenvalue weighted by Gasteiger charge is -2.41. The van der Waals surface area contributed by atoms with E-state index in [4.69, 9.17) is 15.2 Å². The van der Waals surface area contributed by atoms with E-state index in [0.29, 0.717) is 0 Å². The first-order chi connectivity index (χ1) is 7.68. The Morgan fingerprint density at radius 2 is 1.69 bits per heavy atom. The predicted molar refractivity (Wildman–Crippen MR) is 62.9 cm³/mol. The maximum absolute atomic E-state index is 6.53. The number of hydrogen-bond donors (Lipinski definition) is 1. The minimum Gasteiger partial charge on any atom is -0.351 e. The Bertz CT molecular complexity index is 348. The van der Waals surface area contributed by atoms with Crippen LogP contribution >= 0.6 is 0 Å². The van der Waals surface area contributed by atoms with E-state index >= 15 is 0 Å². The molecule has 0 saturated heterocycles. The SMILES string of the molecule is COC1(OC)CCCC1(N)c1ccccc1. The number of ether oxygens (including phenoxy) is 2. The van der Waals surface area contributed by atoms with Crippen LogP contribution < -0.4 is 5.73 Å². The Morgan fingerprint density at radius 3 is 2.25 bits per heavy atom. The van der Waals surface area contributed by atoms with Gasteiger partial charge in [-0.25, -0.2) is 0 Å². The monoisotopic (exact) mass is 221 g/mol. The lowest BCUT2D eigenvalue weighted by atomic mass is 9.84. The molecule has 1 aliphatic carbocycles. The molecule has 0 aromatic heterocycles. The first-order valence-corrected chi connectivity index (χ1v) is 5.63. The van der Waals surface area contributed by atoms with Crippen LogP contribution in [0.1, 0.15) is 24.8 Å². The fraction of sp³-hybridized carbons (Fsp3) is 0.538. The highest BCUT2D eigenvalue weighted by Crippen LogP contribution is 2.46. The van der Waals surface area contributed by atoms with Gasteiger partial charge in [-0.2, -0.15) is 0 Å². The third kappa shape index (κ3) is 1.47. The molecule has 2 N–H and O–H groups in total. The van der Waals surface area contributed by atoms with Crippen molar-refractivity contribution in [1.82, 2.24) is 0 Å². The normalized spacial score (nSPS) is 28.2. The second-order valence-corrected chi connectivity index (χ2v) is 4.35. The van der Waals surface area contributed by atoms with E-state index in [9.17, 15) is 0 Å². The second kappa shape index (κ2) is 4.17. The summed E-state index contributed by atoms with van der Waals surface area (Å²) in [7, 11) is 3.33. The third-order valence-electron chi connectivity index (χ3n) is 3.71. The largest absolute Gasteiger partial charge is 0.351 e. The zero-order valence-corrected chi connectivity index (χ0v) is 9.90. The molecule has 1 aliphatic rings. The van der Waals surface area contributed by atoms with Gasteiger partial charge in [-0.1, -0.05) is 30.3 Å². The molecule has 0 amide bonds. The molecule has 3 nitrogen and oxygen atoms in total. The molecule has 0 bridgehead atoms. The summed E-state index contributed by atoms with van der Waals surface area (Å²) in [5.74, 6) is -0.686. The van der Waals surface area contributed by atoms with Crippen molar-refractivity contribution in [3.05, 3.63) is 35.9 Å². The Kier molecular flexibility index (Phi) is 3.02. The van der Waals surface area contributed by atoms with Gasteiger partial charge in [0.2, 0.25) is 0 Å². The number of hydrogen-bond acceptors (Lipinski definition) is 3. The lowest BCUT2D eigenvalue weighted by molar-refractivity contribution is -0.237. The lowest BCUT2D eigenvalue weighted by Crippen LogP contribution is -2.56. The van der Waals surface area contributed by atoms with Crippen LogP contribution in [-0.2, 0) is 15.0 Å². The standard InChI is InChI=1S/C13H19NO2/c1-15-13(16-2)10-6-9-12(13,14)11-7-4-3-5-8-11/h3-5,7-8H,6,9-10,14H2,1-2H3. The summed E-state index contributed by atoms with van der Waals surface area (Å²) in [4.78, 5) is 0. The van der Waals surface area contributed by atoms with Gasteiger partial charge in [0, 0.05) is 20.6 Å². The van der Waals surface area contributed by atoms with Crippen LogP contribution in [0.15, 0.2) is 30.3 Å². The molecule has 1 aromatic carbocycles. The highest BCUT2D eigenvalue weighted by molar-refractivity contribution is 5.29. The van der Waals surface area contributed by atoms with E-state index in [-0.39, 0.29) is 0 Å². The number of methoxy groups -OCH3 is 2. The van der Waals surface area contributed by atoms with E-state index in [1.54, 1.807) is 14.2 Å². The van der Waals surface area contributed by atoms with Crippen molar-refractivity contribution in [1.29, 1.82) is 0 Å². The Balaban J connectivity index is 2.44. The average Bonchev–Trinajstić information content (AvgIpc) is 2.69. The van der Waals surface area contributed by atoms with E-state index in [0.717, 1.165) is 24.8 Å². The number of benzene rings is 1. The van der Waals surface area contributed by atoms with Crippen LogP contribution in [-0.4, -0.2) is 20.0 Å². The summed E-state index contributed by atoms with van der Waals surface area (Å²) in [5.41, 5.74) is 7.07. The maximum Gasteiger partial charge on any atom is 0.189 e. The van der Waals surface area contributed by atoms with Crippen LogP contribution in [0.3, 0.4) is 0 Å². The quantitative estimate of drug-likeness (QED) is 0.794. The molecule has 16 heavy (non-hydrogen) atoms. The number of rotatable bonds is 3. The predicted octanol–water partition coefficient (Wildman–Crippen LogP) is 2.01. The minimum absolute atomic E-state index is 0.544.